The van der Waals surface area contributed by atoms with Crippen LogP contribution in [0, 0.1) is 0 Å². The van der Waals surface area contributed by atoms with E-state index in [2.05, 4.69) is 16.0 Å². The molecule has 192 valence electrons. The summed E-state index contributed by atoms with van der Waals surface area (Å²) in [5.41, 5.74) is 0.635. The van der Waals surface area contributed by atoms with Crippen LogP contribution < -0.4 is 20.7 Å². The molecular formula is C26H31N3O7. The van der Waals surface area contributed by atoms with Crippen LogP contribution in [-0.2, 0) is 32.0 Å². The topological polar surface area (TPSA) is 146 Å². The minimum atomic E-state index is -1.36. The molecule has 10 heteroatoms. The van der Waals surface area contributed by atoms with E-state index in [1.165, 1.54) is 14.0 Å². The van der Waals surface area contributed by atoms with Gasteiger partial charge in [-0.25, -0.2) is 4.79 Å². The maximum absolute atomic E-state index is 13.4. The van der Waals surface area contributed by atoms with E-state index in [0.717, 1.165) is 11.1 Å². The highest BCUT2D eigenvalue weighted by Crippen LogP contribution is 2.29. The number of carbonyl (C=O) groups excluding carboxylic acids is 3. The molecule has 4 N–H and O–H groups in total. The van der Waals surface area contributed by atoms with Gasteiger partial charge in [-0.05, 0) is 43.5 Å². The molecule has 1 aliphatic rings. The smallest absolute Gasteiger partial charge is 0.405 e. The molecule has 36 heavy (non-hydrogen) atoms. The van der Waals surface area contributed by atoms with E-state index in [0.29, 0.717) is 5.75 Å². The number of ketones is 1. The van der Waals surface area contributed by atoms with Crippen LogP contribution in [0.15, 0.2) is 54.6 Å². The lowest BCUT2D eigenvalue weighted by molar-refractivity contribution is -0.133. The summed E-state index contributed by atoms with van der Waals surface area (Å²) < 4.78 is 10.5. The van der Waals surface area contributed by atoms with E-state index in [4.69, 9.17) is 14.6 Å². The van der Waals surface area contributed by atoms with Crippen molar-refractivity contribution in [2.45, 2.75) is 50.4 Å². The average molecular weight is 498 g/mol. The number of nitrogens with one attached hydrogen (secondary N) is 3. The molecule has 3 amide bonds. The number of rotatable bonds is 12. The number of benzene rings is 2. The van der Waals surface area contributed by atoms with Crippen LogP contribution in [-0.4, -0.2) is 66.2 Å². The summed E-state index contributed by atoms with van der Waals surface area (Å²) in [6.45, 7) is 3.32. The van der Waals surface area contributed by atoms with Crippen molar-refractivity contribution in [1.29, 1.82) is 0 Å². The molecule has 0 unspecified atom stereocenters. The maximum atomic E-state index is 13.4. The highest BCUT2D eigenvalue weighted by atomic mass is 16.6. The number of Topliss-reactive ketones (excluding diaryl/α,β-unsaturated/α-hetero) is 1. The predicted octanol–water partition coefficient (Wildman–Crippen LogP) is 1.46. The van der Waals surface area contributed by atoms with E-state index in [-0.39, 0.29) is 25.2 Å². The summed E-state index contributed by atoms with van der Waals surface area (Å²) >= 11 is 0. The van der Waals surface area contributed by atoms with Gasteiger partial charge >= 0.3 is 6.09 Å². The largest absolute Gasteiger partial charge is 0.497 e. The van der Waals surface area contributed by atoms with Crippen LogP contribution >= 0.6 is 0 Å². The van der Waals surface area contributed by atoms with Gasteiger partial charge in [0.05, 0.1) is 19.8 Å². The summed E-state index contributed by atoms with van der Waals surface area (Å²) in [5, 5.41) is 16.4. The maximum Gasteiger partial charge on any atom is 0.405 e. The number of carbonyl (C=O) groups is 4. The molecule has 4 atom stereocenters. The third kappa shape index (κ3) is 7.29. The lowest BCUT2D eigenvalue weighted by atomic mass is 9.94. The molecule has 2 aromatic carbocycles. The second kappa shape index (κ2) is 11.7. The molecule has 0 radical (unpaired) electrons. The Kier molecular flexibility index (Phi) is 8.65. The van der Waals surface area contributed by atoms with E-state index in [1.54, 1.807) is 31.2 Å². The van der Waals surface area contributed by atoms with Gasteiger partial charge in [-0.1, -0.05) is 42.5 Å². The lowest BCUT2D eigenvalue weighted by Gasteiger charge is -2.25. The highest BCUT2D eigenvalue weighted by molar-refractivity contribution is 5.98. The average Bonchev–Trinajstić information content (AvgIpc) is 3.61. The first-order valence-electron chi connectivity index (χ1n) is 11.6. The molecule has 1 fully saturated rings. The SMILES string of the molecule is COc1ccc(C[C@H](NC(=O)[C@H](C)NC(=O)O)C(=O)N[C@@H](Cc2ccccc2)C(=O)[C@]2(C)CO2)cc1. The zero-order chi connectivity index (χ0) is 26.3. The lowest BCUT2D eigenvalue weighted by Crippen LogP contribution is -2.57. The van der Waals surface area contributed by atoms with Crippen LogP contribution in [0.2, 0.25) is 0 Å². The summed E-state index contributed by atoms with van der Waals surface area (Å²) in [6, 6.07) is 13.2. The van der Waals surface area contributed by atoms with Crippen LogP contribution in [0.5, 0.6) is 5.75 Å². The van der Waals surface area contributed by atoms with Gasteiger partial charge in [-0.15, -0.1) is 0 Å². The molecule has 1 heterocycles. The summed E-state index contributed by atoms with van der Waals surface area (Å²) in [4.78, 5) is 50.2. The number of amides is 3. The summed E-state index contributed by atoms with van der Waals surface area (Å²) in [5.74, 6) is -0.862. The third-order valence-electron chi connectivity index (χ3n) is 5.98. The first-order chi connectivity index (χ1) is 17.1. The first kappa shape index (κ1) is 26.7. The van der Waals surface area contributed by atoms with E-state index < -0.39 is 41.6 Å². The van der Waals surface area contributed by atoms with Crippen LogP contribution in [0.4, 0.5) is 4.79 Å². The summed E-state index contributed by atoms with van der Waals surface area (Å²) in [7, 11) is 1.54. The van der Waals surface area contributed by atoms with Crippen molar-refractivity contribution in [2.24, 2.45) is 0 Å². The number of methoxy groups -OCH3 is 1. The number of hydrogen-bond acceptors (Lipinski definition) is 6. The third-order valence-corrected chi connectivity index (χ3v) is 5.98. The van der Waals surface area contributed by atoms with Crippen molar-refractivity contribution in [3.05, 3.63) is 65.7 Å². The molecule has 10 nitrogen and oxygen atoms in total. The molecular weight excluding hydrogens is 466 g/mol. The van der Waals surface area contributed by atoms with Gasteiger partial charge < -0.3 is 30.5 Å². The molecule has 1 saturated heterocycles. The second-order valence-corrected chi connectivity index (χ2v) is 8.92. The monoisotopic (exact) mass is 497 g/mol. The molecule has 2 aromatic rings. The Labute approximate surface area is 209 Å². The fourth-order valence-electron chi connectivity index (χ4n) is 3.70. The van der Waals surface area contributed by atoms with Crippen molar-refractivity contribution < 1.29 is 33.8 Å². The minimum absolute atomic E-state index is 0.112. The van der Waals surface area contributed by atoms with Gasteiger partial charge in [0.25, 0.3) is 0 Å². The van der Waals surface area contributed by atoms with Crippen molar-refractivity contribution in [2.75, 3.05) is 13.7 Å². The minimum Gasteiger partial charge on any atom is -0.497 e. The first-order valence-corrected chi connectivity index (χ1v) is 11.6. The number of epoxide rings is 1. The Morgan fingerprint density at radius 2 is 1.47 bits per heavy atom. The zero-order valence-corrected chi connectivity index (χ0v) is 20.4. The fourth-order valence-corrected chi connectivity index (χ4v) is 3.70. The van der Waals surface area contributed by atoms with Gasteiger partial charge in [0.1, 0.15) is 23.4 Å². The number of carboxylic acid groups (broad SMARTS) is 1. The van der Waals surface area contributed by atoms with E-state index in [1.807, 2.05) is 30.3 Å². The van der Waals surface area contributed by atoms with Crippen molar-refractivity contribution in [3.63, 3.8) is 0 Å². The normalized spacial score (nSPS) is 18.8. The van der Waals surface area contributed by atoms with Crippen molar-refractivity contribution >= 4 is 23.7 Å². The van der Waals surface area contributed by atoms with Gasteiger partial charge in [-0.3, -0.25) is 14.4 Å². The van der Waals surface area contributed by atoms with Gasteiger partial charge in [-0.2, -0.15) is 0 Å². The molecule has 0 saturated carbocycles. The Hall–Kier alpha value is -3.92. The number of ether oxygens (including phenoxy) is 2. The molecule has 0 aliphatic carbocycles. The molecule has 1 aliphatic heterocycles. The standard InChI is InChI=1S/C26H31N3O7/c1-16(27-25(33)34)23(31)29-21(14-18-9-11-19(35-3)12-10-18)24(32)28-20(22(30)26(2)15-36-26)13-17-7-5-4-6-8-17/h4-12,16,20-21,27H,13-15H2,1-3H3,(H,28,32)(H,29,31)(H,33,34)/t16-,20-,21-,26-/m0/s1. The molecule has 0 spiro atoms. The zero-order valence-electron chi connectivity index (χ0n) is 20.4. The molecule has 0 aromatic heterocycles. The second-order valence-electron chi connectivity index (χ2n) is 8.92. The van der Waals surface area contributed by atoms with E-state index in [9.17, 15) is 19.2 Å². The Balaban J connectivity index is 1.81. The van der Waals surface area contributed by atoms with Crippen molar-refractivity contribution in [3.8, 4) is 5.75 Å². The van der Waals surface area contributed by atoms with Crippen LogP contribution in [0.25, 0.3) is 0 Å². The highest BCUT2D eigenvalue weighted by Gasteiger charge is 2.50. The summed E-state index contributed by atoms with van der Waals surface area (Å²) in [6.07, 6.45) is -0.994. The van der Waals surface area contributed by atoms with Crippen molar-refractivity contribution in [1.82, 2.24) is 16.0 Å². The fraction of sp³-hybridized carbons (Fsp3) is 0.385. The van der Waals surface area contributed by atoms with Gasteiger partial charge in [0, 0.05) is 6.42 Å². The Morgan fingerprint density at radius 1 is 0.917 bits per heavy atom. The molecule has 0 bridgehead atoms. The molecule has 3 rings (SSSR count). The Bertz CT molecular complexity index is 1080. The quantitative estimate of drug-likeness (QED) is 0.325. The predicted molar refractivity (Wildman–Crippen MR) is 131 cm³/mol. The number of hydrogen-bond donors (Lipinski definition) is 4. The van der Waals surface area contributed by atoms with Gasteiger partial charge in [0.2, 0.25) is 11.8 Å². The Morgan fingerprint density at radius 3 is 2.03 bits per heavy atom. The van der Waals surface area contributed by atoms with E-state index >= 15 is 0 Å². The van der Waals surface area contributed by atoms with Crippen LogP contribution in [0.1, 0.15) is 25.0 Å². The van der Waals surface area contributed by atoms with Gasteiger partial charge in [0.15, 0.2) is 5.78 Å². The van der Waals surface area contributed by atoms with Crippen LogP contribution in [0.3, 0.4) is 0 Å².